The summed E-state index contributed by atoms with van der Waals surface area (Å²) in [4.78, 5) is 23.4. The first-order valence-electron chi connectivity index (χ1n) is 9.99. The lowest BCUT2D eigenvalue weighted by atomic mass is 10.1. The first-order valence-corrected chi connectivity index (χ1v) is 11.7. The SMILES string of the molecule is O=C(CN1CCN(CCc2cccs2)CC1)NC(c1ccccc1)c1nccs1. The van der Waals surface area contributed by atoms with E-state index in [-0.39, 0.29) is 11.9 Å². The standard InChI is InChI=1S/C22H26N4OS2/c27-20(24-21(22-23-9-16-29-22)18-5-2-1-3-6-18)17-26-13-11-25(12-14-26)10-8-19-7-4-15-28-19/h1-7,9,15-16,21H,8,10-14,17H2,(H,24,27). The van der Waals surface area contributed by atoms with Crippen LogP contribution >= 0.6 is 22.7 Å². The Bertz CT molecular complexity index is 860. The number of amides is 1. The van der Waals surface area contributed by atoms with Gasteiger partial charge in [-0.15, -0.1) is 22.7 Å². The van der Waals surface area contributed by atoms with Crippen LogP contribution in [-0.4, -0.2) is 60.0 Å². The number of carbonyl (C=O) groups is 1. The molecule has 0 saturated carbocycles. The van der Waals surface area contributed by atoms with E-state index in [2.05, 4.69) is 37.6 Å². The van der Waals surface area contributed by atoms with Gasteiger partial charge in [-0.2, -0.15) is 0 Å². The van der Waals surface area contributed by atoms with Gasteiger partial charge in [0.1, 0.15) is 11.0 Å². The Balaban J connectivity index is 1.27. The molecule has 3 heterocycles. The summed E-state index contributed by atoms with van der Waals surface area (Å²) in [6.07, 6.45) is 2.90. The molecular weight excluding hydrogens is 400 g/mol. The van der Waals surface area contributed by atoms with Crippen molar-refractivity contribution in [1.82, 2.24) is 20.1 Å². The predicted octanol–water partition coefficient (Wildman–Crippen LogP) is 3.27. The summed E-state index contributed by atoms with van der Waals surface area (Å²) in [5, 5.41) is 8.20. The molecule has 5 nitrogen and oxygen atoms in total. The van der Waals surface area contributed by atoms with Gasteiger partial charge in [0, 0.05) is 49.2 Å². The summed E-state index contributed by atoms with van der Waals surface area (Å²) in [7, 11) is 0. The maximum Gasteiger partial charge on any atom is 0.235 e. The molecule has 1 aliphatic rings. The van der Waals surface area contributed by atoms with Crippen molar-refractivity contribution in [2.45, 2.75) is 12.5 Å². The van der Waals surface area contributed by atoms with Crippen molar-refractivity contribution in [2.24, 2.45) is 0 Å². The van der Waals surface area contributed by atoms with Crippen molar-refractivity contribution in [3.05, 3.63) is 74.9 Å². The highest BCUT2D eigenvalue weighted by molar-refractivity contribution is 7.10. The fraction of sp³-hybridized carbons (Fsp3) is 0.364. The minimum atomic E-state index is -0.184. The molecule has 4 rings (SSSR count). The highest BCUT2D eigenvalue weighted by Crippen LogP contribution is 2.23. The van der Waals surface area contributed by atoms with Gasteiger partial charge >= 0.3 is 0 Å². The Kier molecular flexibility index (Phi) is 7.05. The Labute approximate surface area is 180 Å². The average Bonchev–Trinajstić information content (AvgIpc) is 3.46. The number of hydrogen-bond donors (Lipinski definition) is 1. The number of thiazole rings is 1. The van der Waals surface area contributed by atoms with Gasteiger partial charge < -0.3 is 10.2 Å². The maximum atomic E-state index is 12.8. The van der Waals surface area contributed by atoms with Crippen molar-refractivity contribution in [1.29, 1.82) is 0 Å². The molecule has 1 aliphatic heterocycles. The van der Waals surface area contributed by atoms with Crippen LogP contribution in [0.4, 0.5) is 0 Å². The summed E-state index contributed by atoms with van der Waals surface area (Å²) in [6, 6.07) is 14.2. The maximum absolute atomic E-state index is 12.8. The fourth-order valence-corrected chi connectivity index (χ4v) is 5.03. The molecule has 1 amide bonds. The van der Waals surface area contributed by atoms with E-state index in [1.807, 2.05) is 47.0 Å². The molecule has 2 aromatic heterocycles. The van der Waals surface area contributed by atoms with Gasteiger partial charge in [0.05, 0.1) is 6.54 Å². The van der Waals surface area contributed by atoms with E-state index < -0.39 is 0 Å². The molecule has 1 atom stereocenters. The molecule has 1 unspecified atom stereocenters. The van der Waals surface area contributed by atoms with E-state index in [0.29, 0.717) is 6.54 Å². The minimum absolute atomic E-state index is 0.0566. The van der Waals surface area contributed by atoms with Gasteiger partial charge in [0.2, 0.25) is 5.91 Å². The van der Waals surface area contributed by atoms with Gasteiger partial charge in [-0.3, -0.25) is 9.69 Å². The van der Waals surface area contributed by atoms with Gasteiger partial charge in [0.25, 0.3) is 0 Å². The molecule has 0 radical (unpaired) electrons. The van der Waals surface area contributed by atoms with E-state index >= 15 is 0 Å². The van der Waals surface area contributed by atoms with Crippen molar-refractivity contribution in [2.75, 3.05) is 39.3 Å². The van der Waals surface area contributed by atoms with Crippen molar-refractivity contribution < 1.29 is 4.79 Å². The number of nitrogens with zero attached hydrogens (tertiary/aromatic N) is 3. The number of nitrogens with one attached hydrogen (secondary N) is 1. The molecule has 0 spiro atoms. The second-order valence-electron chi connectivity index (χ2n) is 7.23. The summed E-state index contributed by atoms with van der Waals surface area (Å²) in [6.45, 7) is 5.45. The van der Waals surface area contributed by atoms with Gasteiger partial charge in [0.15, 0.2) is 0 Å². The third-order valence-electron chi connectivity index (χ3n) is 5.22. The lowest BCUT2D eigenvalue weighted by Gasteiger charge is -2.34. The van der Waals surface area contributed by atoms with Crippen LogP contribution in [0, 0.1) is 0 Å². The van der Waals surface area contributed by atoms with Crippen LogP contribution in [0.2, 0.25) is 0 Å². The molecule has 7 heteroatoms. The fourth-order valence-electron chi connectivity index (χ4n) is 3.61. The van der Waals surface area contributed by atoms with Crippen molar-refractivity contribution in [3.8, 4) is 0 Å². The van der Waals surface area contributed by atoms with Gasteiger partial charge in [-0.25, -0.2) is 4.98 Å². The summed E-state index contributed by atoms with van der Waals surface area (Å²) < 4.78 is 0. The number of aromatic nitrogens is 1. The Hall–Kier alpha value is -2.06. The van der Waals surface area contributed by atoms with E-state index in [1.54, 1.807) is 17.5 Å². The van der Waals surface area contributed by atoms with E-state index in [4.69, 9.17) is 0 Å². The molecule has 3 aromatic rings. The molecular formula is C22H26N4OS2. The largest absolute Gasteiger partial charge is 0.342 e. The van der Waals surface area contributed by atoms with Crippen LogP contribution in [0.15, 0.2) is 59.4 Å². The summed E-state index contributed by atoms with van der Waals surface area (Å²) in [5.41, 5.74) is 1.06. The monoisotopic (exact) mass is 426 g/mol. The van der Waals surface area contributed by atoms with Crippen molar-refractivity contribution >= 4 is 28.6 Å². The number of benzene rings is 1. The Morgan fingerprint density at radius 2 is 1.79 bits per heavy atom. The molecule has 0 aliphatic carbocycles. The number of carbonyl (C=O) groups excluding carboxylic acids is 1. The number of rotatable bonds is 8. The molecule has 1 N–H and O–H groups in total. The molecule has 1 saturated heterocycles. The van der Waals surface area contributed by atoms with Crippen LogP contribution in [0.25, 0.3) is 0 Å². The second kappa shape index (κ2) is 10.1. The first kappa shape index (κ1) is 20.2. The number of thiophene rings is 1. The predicted molar refractivity (Wildman–Crippen MR) is 119 cm³/mol. The lowest BCUT2D eigenvalue weighted by molar-refractivity contribution is -0.123. The van der Waals surface area contributed by atoms with E-state index in [1.165, 1.54) is 4.88 Å². The van der Waals surface area contributed by atoms with Crippen LogP contribution in [-0.2, 0) is 11.2 Å². The summed E-state index contributed by atoms with van der Waals surface area (Å²) >= 11 is 3.40. The normalized spacial score (nSPS) is 16.6. The molecule has 0 bridgehead atoms. The Morgan fingerprint density at radius 1 is 1.00 bits per heavy atom. The van der Waals surface area contributed by atoms with Gasteiger partial charge in [-0.1, -0.05) is 36.4 Å². The Morgan fingerprint density at radius 3 is 2.48 bits per heavy atom. The zero-order chi connectivity index (χ0) is 19.9. The molecule has 29 heavy (non-hydrogen) atoms. The van der Waals surface area contributed by atoms with E-state index in [0.717, 1.165) is 49.7 Å². The zero-order valence-electron chi connectivity index (χ0n) is 16.4. The van der Waals surface area contributed by atoms with Crippen LogP contribution < -0.4 is 5.32 Å². The highest BCUT2D eigenvalue weighted by Gasteiger charge is 2.22. The molecule has 1 aromatic carbocycles. The van der Waals surface area contributed by atoms with Crippen molar-refractivity contribution in [3.63, 3.8) is 0 Å². The second-order valence-corrected chi connectivity index (χ2v) is 9.19. The van der Waals surface area contributed by atoms with Crippen LogP contribution in [0.5, 0.6) is 0 Å². The van der Waals surface area contributed by atoms with E-state index in [9.17, 15) is 4.79 Å². The summed E-state index contributed by atoms with van der Waals surface area (Å²) in [5.74, 6) is 0.0566. The third kappa shape index (κ3) is 5.73. The average molecular weight is 427 g/mol. The third-order valence-corrected chi connectivity index (χ3v) is 7.00. The quantitative estimate of drug-likeness (QED) is 0.601. The number of piperazine rings is 1. The minimum Gasteiger partial charge on any atom is -0.342 e. The van der Waals surface area contributed by atoms with Crippen LogP contribution in [0.3, 0.4) is 0 Å². The smallest absolute Gasteiger partial charge is 0.235 e. The first-order chi connectivity index (χ1) is 14.3. The number of hydrogen-bond acceptors (Lipinski definition) is 6. The topological polar surface area (TPSA) is 48.5 Å². The van der Waals surface area contributed by atoms with Crippen LogP contribution in [0.1, 0.15) is 21.5 Å². The lowest BCUT2D eigenvalue weighted by Crippen LogP contribution is -2.50. The molecule has 152 valence electrons. The zero-order valence-corrected chi connectivity index (χ0v) is 18.0. The highest BCUT2D eigenvalue weighted by atomic mass is 32.1. The molecule has 1 fully saturated rings. The van der Waals surface area contributed by atoms with Gasteiger partial charge in [-0.05, 0) is 23.4 Å².